The largest absolute Gasteiger partial charge is 0.494 e. The predicted molar refractivity (Wildman–Crippen MR) is 106 cm³/mol. The second-order valence-electron chi connectivity index (χ2n) is 5.93. The third kappa shape index (κ3) is 4.46. The highest BCUT2D eigenvalue weighted by molar-refractivity contribution is 6.30. The van der Waals surface area contributed by atoms with E-state index in [0.29, 0.717) is 29.4 Å². The molecule has 140 valence electrons. The molecule has 0 aliphatic heterocycles. The number of nitrogens with one attached hydrogen (secondary N) is 1. The maximum absolute atomic E-state index is 12.7. The van der Waals surface area contributed by atoms with Crippen molar-refractivity contribution in [2.24, 2.45) is 0 Å². The van der Waals surface area contributed by atoms with Crippen LogP contribution in [0.2, 0.25) is 5.02 Å². The molecule has 2 aromatic carbocycles. The van der Waals surface area contributed by atoms with Crippen molar-refractivity contribution in [3.63, 3.8) is 0 Å². The van der Waals surface area contributed by atoms with Crippen LogP contribution in [0.4, 0.5) is 5.69 Å². The Balaban J connectivity index is 1.84. The number of halogens is 1. The molecule has 1 aromatic heterocycles. The van der Waals surface area contributed by atoms with Gasteiger partial charge in [-0.3, -0.25) is 4.79 Å². The average molecular weight is 385 g/mol. The third-order valence-electron chi connectivity index (χ3n) is 3.96. The third-order valence-corrected chi connectivity index (χ3v) is 4.21. The molecular formula is C20H21ClN4O2. The fourth-order valence-corrected chi connectivity index (χ4v) is 2.85. The van der Waals surface area contributed by atoms with E-state index in [1.807, 2.05) is 38.1 Å². The topological polar surface area (TPSA) is 69.0 Å². The van der Waals surface area contributed by atoms with Gasteiger partial charge in [-0.05, 0) is 61.9 Å². The summed E-state index contributed by atoms with van der Waals surface area (Å²) in [5.74, 6) is 0.471. The summed E-state index contributed by atoms with van der Waals surface area (Å²) in [6.45, 7) is 4.57. The molecule has 1 heterocycles. The lowest BCUT2D eigenvalue weighted by Gasteiger charge is -2.09. The van der Waals surface area contributed by atoms with Crippen LogP contribution in [0.15, 0.2) is 48.5 Å². The molecule has 0 bridgehead atoms. The van der Waals surface area contributed by atoms with Crippen molar-refractivity contribution in [3.8, 4) is 11.4 Å². The molecule has 1 amide bonds. The first-order chi connectivity index (χ1) is 13.1. The van der Waals surface area contributed by atoms with Crippen molar-refractivity contribution in [3.05, 3.63) is 64.9 Å². The number of hydrogen-bond donors (Lipinski definition) is 1. The predicted octanol–water partition coefficient (Wildman–Crippen LogP) is 4.52. The quantitative estimate of drug-likeness (QED) is 0.650. The molecule has 7 heteroatoms. The minimum Gasteiger partial charge on any atom is -0.494 e. The summed E-state index contributed by atoms with van der Waals surface area (Å²) in [5, 5.41) is 11.8. The zero-order valence-corrected chi connectivity index (χ0v) is 16.0. The highest BCUT2D eigenvalue weighted by Gasteiger charge is 2.20. The molecule has 3 rings (SSSR count). The smallest absolute Gasteiger partial charge is 0.278 e. The van der Waals surface area contributed by atoms with Gasteiger partial charge in [0.25, 0.3) is 5.91 Å². The van der Waals surface area contributed by atoms with E-state index in [-0.39, 0.29) is 5.91 Å². The number of benzene rings is 2. The first-order valence-corrected chi connectivity index (χ1v) is 9.25. The Morgan fingerprint density at radius 2 is 1.81 bits per heavy atom. The second kappa shape index (κ2) is 8.68. The van der Waals surface area contributed by atoms with Crippen LogP contribution in [0.3, 0.4) is 0 Å². The Bertz CT molecular complexity index is 905. The molecule has 0 radical (unpaired) electrons. The normalized spacial score (nSPS) is 10.6. The van der Waals surface area contributed by atoms with Crippen LogP contribution in [0.25, 0.3) is 5.69 Å². The summed E-state index contributed by atoms with van der Waals surface area (Å²) in [4.78, 5) is 12.7. The van der Waals surface area contributed by atoms with E-state index in [2.05, 4.69) is 15.6 Å². The maximum atomic E-state index is 12.7. The molecule has 0 spiro atoms. The Kier molecular flexibility index (Phi) is 6.08. The summed E-state index contributed by atoms with van der Waals surface area (Å²) in [6, 6.07) is 14.5. The number of amides is 1. The molecule has 0 atom stereocenters. The average Bonchev–Trinajstić information content (AvgIpc) is 3.08. The first-order valence-electron chi connectivity index (χ1n) is 8.87. The van der Waals surface area contributed by atoms with Crippen molar-refractivity contribution in [1.82, 2.24) is 15.0 Å². The summed E-state index contributed by atoms with van der Waals surface area (Å²) >= 11 is 5.96. The summed E-state index contributed by atoms with van der Waals surface area (Å²) in [5.41, 5.74) is 2.58. The summed E-state index contributed by atoms with van der Waals surface area (Å²) < 4.78 is 7.10. The lowest BCUT2D eigenvalue weighted by molar-refractivity contribution is 0.102. The number of carbonyl (C=O) groups excluding carboxylic acids is 1. The number of ether oxygens (including phenoxy) is 1. The maximum Gasteiger partial charge on any atom is 0.278 e. The van der Waals surface area contributed by atoms with E-state index < -0.39 is 0 Å². The van der Waals surface area contributed by atoms with Crippen molar-refractivity contribution < 1.29 is 9.53 Å². The highest BCUT2D eigenvalue weighted by Crippen LogP contribution is 2.20. The number of hydrogen-bond acceptors (Lipinski definition) is 4. The Hall–Kier alpha value is -2.86. The number of carbonyl (C=O) groups is 1. The minimum atomic E-state index is -0.289. The molecule has 0 aliphatic rings. The molecule has 0 saturated heterocycles. The Morgan fingerprint density at radius 1 is 1.11 bits per heavy atom. The zero-order chi connectivity index (χ0) is 19.2. The monoisotopic (exact) mass is 384 g/mol. The van der Waals surface area contributed by atoms with Gasteiger partial charge < -0.3 is 10.1 Å². The standard InChI is InChI=1S/C20H21ClN4O2/c1-3-5-18-19(23-24-25(18)16-10-6-14(21)7-11-16)20(26)22-15-8-12-17(13-9-15)27-4-2/h6-13H,3-5H2,1-2H3,(H,22,26). The van der Waals surface area contributed by atoms with E-state index in [1.165, 1.54) is 0 Å². The van der Waals surface area contributed by atoms with E-state index >= 15 is 0 Å². The number of anilines is 1. The van der Waals surface area contributed by atoms with Crippen LogP contribution < -0.4 is 10.1 Å². The van der Waals surface area contributed by atoms with Crippen LogP contribution >= 0.6 is 11.6 Å². The van der Waals surface area contributed by atoms with Gasteiger partial charge in [-0.25, -0.2) is 4.68 Å². The van der Waals surface area contributed by atoms with Gasteiger partial charge in [0.15, 0.2) is 5.69 Å². The van der Waals surface area contributed by atoms with Crippen molar-refractivity contribution in [1.29, 1.82) is 0 Å². The number of rotatable bonds is 7. The molecular weight excluding hydrogens is 364 g/mol. The van der Waals surface area contributed by atoms with Crippen molar-refractivity contribution >= 4 is 23.2 Å². The lowest BCUT2D eigenvalue weighted by atomic mass is 10.2. The van der Waals surface area contributed by atoms with E-state index in [0.717, 1.165) is 23.6 Å². The fourth-order valence-electron chi connectivity index (χ4n) is 2.72. The Morgan fingerprint density at radius 3 is 2.44 bits per heavy atom. The number of aromatic nitrogens is 3. The molecule has 1 N–H and O–H groups in total. The van der Waals surface area contributed by atoms with Gasteiger partial charge in [0.2, 0.25) is 0 Å². The van der Waals surface area contributed by atoms with Crippen molar-refractivity contribution in [2.45, 2.75) is 26.7 Å². The number of nitrogens with zero attached hydrogens (tertiary/aromatic N) is 3. The van der Waals surface area contributed by atoms with E-state index in [4.69, 9.17) is 16.3 Å². The van der Waals surface area contributed by atoms with Gasteiger partial charge in [0.1, 0.15) is 5.75 Å². The van der Waals surface area contributed by atoms with Crippen LogP contribution in [-0.4, -0.2) is 27.5 Å². The molecule has 0 unspecified atom stereocenters. The van der Waals surface area contributed by atoms with Gasteiger partial charge in [-0.2, -0.15) is 0 Å². The van der Waals surface area contributed by atoms with Crippen LogP contribution in [0.5, 0.6) is 5.75 Å². The van der Waals surface area contributed by atoms with Crippen LogP contribution in [0.1, 0.15) is 36.5 Å². The van der Waals surface area contributed by atoms with Gasteiger partial charge >= 0.3 is 0 Å². The SMILES string of the molecule is CCCc1c(C(=O)Nc2ccc(OCC)cc2)nnn1-c1ccc(Cl)cc1. The zero-order valence-electron chi connectivity index (χ0n) is 15.3. The molecule has 6 nitrogen and oxygen atoms in total. The van der Waals surface area contributed by atoms with E-state index in [1.54, 1.807) is 28.9 Å². The summed E-state index contributed by atoms with van der Waals surface area (Å²) in [6.07, 6.45) is 1.55. The van der Waals surface area contributed by atoms with Crippen LogP contribution in [-0.2, 0) is 6.42 Å². The first kappa shape index (κ1) is 18.9. The van der Waals surface area contributed by atoms with Crippen molar-refractivity contribution in [2.75, 3.05) is 11.9 Å². The lowest BCUT2D eigenvalue weighted by Crippen LogP contribution is -2.15. The molecule has 27 heavy (non-hydrogen) atoms. The van der Waals surface area contributed by atoms with Gasteiger partial charge in [-0.1, -0.05) is 30.2 Å². The molecule has 3 aromatic rings. The highest BCUT2D eigenvalue weighted by atomic mass is 35.5. The molecule has 0 saturated carbocycles. The van der Waals surface area contributed by atoms with Gasteiger partial charge in [0, 0.05) is 10.7 Å². The summed E-state index contributed by atoms with van der Waals surface area (Å²) in [7, 11) is 0. The molecule has 0 aliphatic carbocycles. The van der Waals surface area contributed by atoms with Crippen LogP contribution in [0, 0.1) is 0 Å². The fraction of sp³-hybridized carbons (Fsp3) is 0.250. The minimum absolute atomic E-state index is 0.289. The van der Waals surface area contributed by atoms with Gasteiger partial charge in [0.05, 0.1) is 18.0 Å². The Labute approximate surface area is 163 Å². The van der Waals surface area contributed by atoms with E-state index in [9.17, 15) is 4.79 Å². The van der Waals surface area contributed by atoms with Gasteiger partial charge in [-0.15, -0.1) is 5.10 Å². The molecule has 0 fully saturated rings. The second-order valence-corrected chi connectivity index (χ2v) is 6.37.